The van der Waals surface area contributed by atoms with Crippen molar-refractivity contribution >= 4 is 23.9 Å². The standard InChI is InChI=1S/C29H37N3O5/c1-22(2)17-19-32(28(35)36-20-24-14-9-6-10-15-24)27(34)31(18-11-16-23-12-7-5-8-13-23)26(33)25-30-29(3,4)21-37-25/h5-10,12-15,22H,11,16-21H2,1-4H3. The van der Waals surface area contributed by atoms with Crippen molar-refractivity contribution < 1.29 is 23.9 Å². The number of rotatable bonds is 10. The first-order chi connectivity index (χ1) is 17.7. The molecule has 198 valence electrons. The van der Waals surface area contributed by atoms with E-state index < -0.39 is 23.6 Å². The summed E-state index contributed by atoms with van der Waals surface area (Å²) in [6.07, 6.45) is 0.976. The molecule has 0 fully saturated rings. The highest BCUT2D eigenvalue weighted by Gasteiger charge is 2.38. The average molecular weight is 508 g/mol. The van der Waals surface area contributed by atoms with Gasteiger partial charge in [-0.15, -0.1) is 0 Å². The number of nitrogens with zero attached hydrogens (tertiary/aromatic N) is 3. The molecule has 3 rings (SSSR count). The van der Waals surface area contributed by atoms with Crippen LogP contribution in [0.5, 0.6) is 0 Å². The van der Waals surface area contributed by atoms with Crippen LogP contribution in [-0.4, -0.2) is 59.0 Å². The summed E-state index contributed by atoms with van der Waals surface area (Å²) in [5.74, 6) is -0.517. The van der Waals surface area contributed by atoms with E-state index in [0.717, 1.165) is 20.9 Å². The molecule has 0 aromatic heterocycles. The zero-order valence-electron chi connectivity index (χ0n) is 22.2. The fraction of sp³-hybridized carbons (Fsp3) is 0.448. The lowest BCUT2D eigenvalue weighted by Gasteiger charge is -2.28. The molecule has 0 N–H and O–H groups in total. The molecule has 0 bridgehead atoms. The van der Waals surface area contributed by atoms with Crippen LogP contribution < -0.4 is 0 Å². The van der Waals surface area contributed by atoms with Crippen molar-refractivity contribution in [3.63, 3.8) is 0 Å². The van der Waals surface area contributed by atoms with Gasteiger partial charge >= 0.3 is 18.0 Å². The van der Waals surface area contributed by atoms with Crippen molar-refractivity contribution in [1.82, 2.24) is 9.80 Å². The Morgan fingerprint density at radius 3 is 2.14 bits per heavy atom. The topological polar surface area (TPSA) is 88.5 Å². The normalized spacial score (nSPS) is 14.0. The maximum absolute atomic E-state index is 13.7. The molecule has 0 atom stereocenters. The predicted molar refractivity (Wildman–Crippen MR) is 142 cm³/mol. The zero-order chi connectivity index (χ0) is 26.8. The van der Waals surface area contributed by atoms with E-state index in [1.54, 1.807) is 0 Å². The second kappa shape index (κ2) is 13.0. The van der Waals surface area contributed by atoms with Gasteiger partial charge in [-0.2, -0.15) is 0 Å². The summed E-state index contributed by atoms with van der Waals surface area (Å²) in [5, 5.41) is 0. The van der Waals surface area contributed by atoms with Gasteiger partial charge in [-0.05, 0) is 50.2 Å². The number of urea groups is 1. The monoisotopic (exact) mass is 507 g/mol. The predicted octanol–water partition coefficient (Wildman–Crippen LogP) is 5.46. The molecule has 1 aliphatic heterocycles. The highest BCUT2D eigenvalue weighted by atomic mass is 16.6. The lowest BCUT2D eigenvalue weighted by molar-refractivity contribution is -0.123. The lowest BCUT2D eigenvalue weighted by atomic mass is 10.1. The Labute approximate surface area is 219 Å². The molecule has 0 saturated carbocycles. The number of aliphatic imine (C=N–C) groups is 1. The third kappa shape index (κ3) is 8.44. The van der Waals surface area contributed by atoms with Gasteiger partial charge in [-0.25, -0.2) is 19.5 Å². The summed E-state index contributed by atoms with van der Waals surface area (Å²) >= 11 is 0. The van der Waals surface area contributed by atoms with Crippen LogP contribution >= 0.6 is 0 Å². The smallest absolute Gasteiger partial charge is 0.418 e. The quantitative estimate of drug-likeness (QED) is 0.426. The Balaban J connectivity index is 1.79. The van der Waals surface area contributed by atoms with Gasteiger partial charge in [0, 0.05) is 13.1 Å². The van der Waals surface area contributed by atoms with Gasteiger partial charge in [0.15, 0.2) is 0 Å². The van der Waals surface area contributed by atoms with E-state index in [0.29, 0.717) is 19.3 Å². The van der Waals surface area contributed by atoms with E-state index in [9.17, 15) is 14.4 Å². The second-order valence-corrected chi connectivity index (χ2v) is 10.2. The van der Waals surface area contributed by atoms with Crippen molar-refractivity contribution in [1.29, 1.82) is 0 Å². The molecule has 1 aliphatic rings. The summed E-state index contributed by atoms with van der Waals surface area (Å²) in [4.78, 5) is 46.7. The highest BCUT2D eigenvalue weighted by molar-refractivity contribution is 6.38. The Morgan fingerprint density at radius 1 is 0.946 bits per heavy atom. The van der Waals surface area contributed by atoms with E-state index in [1.807, 2.05) is 88.4 Å². The number of carbonyl (C=O) groups excluding carboxylic acids is 3. The van der Waals surface area contributed by atoms with E-state index >= 15 is 0 Å². The van der Waals surface area contributed by atoms with Crippen LogP contribution in [0.2, 0.25) is 0 Å². The van der Waals surface area contributed by atoms with E-state index in [4.69, 9.17) is 9.47 Å². The van der Waals surface area contributed by atoms with E-state index in [-0.39, 0.29) is 38.1 Å². The Kier molecular flexibility index (Phi) is 9.83. The summed E-state index contributed by atoms with van der Waals surface area (Å²) in [7, 11) is 0. The van der Waals surface area contributed by atoms with Gasteiger partial charge < -0.3 is 9.47 Å². The molecule has 0 saturated heterocycles. The molecule has 0 radical (unpaired) electrons. The fourth-order valence-electron chi connectivity index (χ4n) is 3.77. The Bertz CT molecular complexity index is 1080. The van der Waals surface area contributed by atoms with Crippen LogP contribution in [0.1, 0.15) is 51.7 Å². The largest absolute Gasteiger partial charge is 0.471 e. The van der Waals surface area contributed by atoms with Crippen LogP contribution in [0.4, 0.5) is 9.59 Å². The number of carbonyl (C=O) groups is 3. The van der Waals surface area contributed by atoms with Crippen LogP contribution in [-0.2, 0) is 27.3 Å². The summed E-state index contributed by atoms with van der Waals surface area (Å²) in [6.45, 7) is 8.22. The summed E-state index contributed by atoms with van der Waals surface area (Å²) in [5.41, 5.74) is 1.34. The van der Waals surface area contributed by atoms with Gasteiger partial charge in [0.1, 0.15) is 13.2 Å². The molecule has 2 aromatic rings. The molecule has 8 heteroatoms. The minimum Gasteiger partial charge on any atom is -0.471 e. The van der Waals surface area contributed by atoms with Crippen molar-refractivity contribution in [2.45, 2.75) is 59.1 Å². The van der Waals surface area contributed by atoms with Crippen molar-refractivity contribution in [3.05, 3.63) is 71.8 Å². The molecule has 37 heavy (non-hydrogen) atoms. The SMILES string of the molecule is CC(C)CCN(C(=O)OCc1ccccc1)C(=O)N(CCCc1ccccc1)C(=O)C1=NC(C)(C)CO1. The fourth-order valence-corrected chi connectivity index (χ4v) is 3.77. The van der Waals surface area contributed by atoms with Crippen LogP contribution in [0.15, 0.2) is 65.7 Å². The van der Waals surface area contributed by atoms with Crippen molar-refractivity contribution in [3.8, 4) is 0 Å². The number of amides is 4. The number of aryl methyl sites for hydroxylation is 1. The van der Waals surface area contributed by atoms with E-state index in [2.05, 4.69) is 4.99 Å². The minimum atomic E-state index is -0.787. The van der Waals surface area contributed by atoms with Crippen LogP contribution in [0.25, 0.3) is 0 Å². The first-order valence-corrected chi connectivity index (χ1v) is 12.8. The lowest BCUT2D eigenvalue weighted by Crippen LogP contribution is -2.51. The molecular weight excluding hydrogens is 470 g/mol. The number of ether oxygens (including phenoxy) is 2. The van der Waals surface area contributed by atoms with E-state index in [1.165, 1.54) is 0 Å². The van der Waals surface area contributed by atoms with Gasteiger partial charge in [0.05, 0.1) is 5.54 Å². The molecule has 2 aromatic carbocycles. The Hall–Kier alpha value is -3.68. The van der Waals surface area contributed by atoms with Crippen molar-refractivity contribution in [2.75, 3.05) is 19.7 Å². The number of hydrogen-bond donors (Lipinski definition) is 0. The van der Waals surface area contributed by atoms with Gasteiger partial charge in [0.2, 0.25) is 0 Å². The second-order valence-electron chi connectivity index (χ2n) is 10.2. The molecule has 0 spiro atoms. The molecule has 8 nitrogen and oxygen atoms in total. The maximum Gasteiger partial charge on any atom is 0.418 e. The first-order valence-electron chi connectivity index (χ1n) is 12.8. The Morgan fingerprint density at radius 2 is 1.57 bits per heavy atom. The third-order valence-corrected chi connectivity index (χ3v) is 5.90. The summed E-state index contributed by atoms with van der Waals surface area (Å²) in [6, 6.07) is 18.3. The molecular formula is C29H37N3O5. The third-order valence-electron chi connectivity index (χ3n) is 5.90. The molecule has 4 amide bonds. The number of benzene rings is 2. The maximum atomic E-state index is 13.7. The number of imide groups is 2. The zero-order valence-corrected chi connectivity index (χ0v) is 22.2. The highest BCUT2D eigenvalue weighted by Crippen LogP contribution is 2.19. The molecule has 0 unspecified atom stereocenters. The van der Waals surface area contributed by atoms with Gasteiger partial charge in [0.25, 0.3) is 5.90 Å². The summed E-state index contributed by atoms with van der Waals surface area (Å²) < 4.78 is 11.0. The minimum absolute atomic E-state index is 0.0249. The van der Waals surface area contributed by atoms with Crippen LogP contribution in [0, 0.1) is 5.92 Å². The van der Waals surface area contributed by atoms with Crippen molar-refractivity contribution in [2.24, 2.45) is 10.9 Å². The van der Waals surface area contributed by atoms with Crippen LogP contribution in [0.3, 0.4) is 0 Å². The molecule has 1 heterocycles. The first kappa shape index (κ1) is 27.9. The van der Waals surface area contributed by atoms with Gasteiger partial charge in [-0.1, -0.05) is 74.5 Å². The number of hydrogen-bond acceptors (Lipinski definition) is 6. The molecule has 0 aliphatic carbocycles. The average Bonchev–Trinajstić information content (AvgIpc) is 3.25. The van der Waals surface area contributed by atoms with Gasteiger partial charge in [-0.3, -0.25) is 9.69 Å².